The van der Waals surface area contributed by atoms with Crippen molar-refractivity contribution in [1.29, 1.82) is 0 Å². The maximum atomic E-state index is 12.7. The first-order valence-corrected chi connectivity index (χ1v) is 9.10. The van der Waals surface area contributed by atoms with Crippen molar-refractivity contribution in [2.75, 3.05) is 18.0 Å². The number of anilines is 1. The normalized spacial score (nSPS) is 15.0. The van der Waals surface area contributed by atoms with Gasteiger partial charge < -0.3 is 4.90 Å². The second-order valence-corrected chi connectivity index (χ2v) is 6.73. The largest absolute Gasteiger partial charge is 0.342 e. The molecule has 3 aromatic rings. The minimum absolute atomic E-state index is 0.131. The van der Waals surface area contributed by atoms with Crippen molar-refractivity contribution >= 4 is 29.1 Å². The van der Waals surface area contributed by atoms with Gasteiger partial charge in [-0.25, -0.2) is 4.98 Å². The fourth-order valence-corrected chi connectivity index (χ4v) is 3.42. The molecule has 0 amide bonds. The van der Waals surface area contributed by atoms with E-state index in [1.807, 2.05) is 30.4 Å². The highest BCUT2D eigenvalue weighted by atomic mass is 16.1. The first-order valence-electron chi connectivity index (χ1n) is 9.10. The molecule has 4 rings (SSSR count). The number of nitrogens with one attached hydrogen (secondary N) is 1. The number of rotatable bonds is 3. The lowest BCUT2D eigenvalue weighted by molar-refractivity contribution is 0.568. The Morgan fingerprint density at radius 3 is 2.62 bits per heavy atom. The van der Waals surface area contributed by atoms with Crippen molar-refractivity contribution in [3.8, 4) is 0 Å². The van der Waals surface area contributed by atoms with Crippen LogP contribution in [0.2, 0.25) is 0 Å². The predicted octanol–water partition coefficient (Wildman–Crippen LogP) is 3.79. The summed E-state index contributed by atoms with van der Waals surface area (Å²) in [7, 11) is 0. The monoisotopic (exact) mass is 346 g/mol. The Bertz CT molecular complexity index is 1020. The Kier molecular flexibility index (Phi) is 4.52. The fraction of sp³-hybridized carbons (Fsp3) is 0.286. The number of nitrogens with zero attached hydrogens (tertiary/aromatic N) is 3. The molecule has 1 saturated heterocycles. The molecule has 5 nitrogen and oxygen atoms in total. The van der Waals surface area contributed by atoms with Gasteiger partial charge in [-0.15, -0.1) is 0 Å². The predicted molar refractivity (Wildman–Crippen MR) is 106 cm³/mol. The minimum atomic E-state index is -0.131. The van der Waals surface area contributed by atoms with E-state index >= 15 is 0 Å². The summed E-state index contributed by atoms with van der Waals surface area (Å²) in [6.45, 7) is 3.94. The van der Waals surface area contributed by atoms with E-state index in [2.05, 4.69) is 38.9 Å². The molecule has 1 fully saturated rings. The van der Waals surface area contributed by atoms with Crippen molar-refractivity contribution in [2.45, 2.75) is 26.2 Å². The van der Waals surface area contributed by atoms with E-state index in [1.165, 1.54) is 12.0 Å². The molecule has 1 aliphatic rings. The number of aryl methyl sites for hydroxylation is 1. The van der Waals surface area contributed by atoms with Crippen LogP contribution < -0.4 is 10.5 Å². The van der Waals surface area contributed by atoms with Gasteiger partial charge in [0.1, 0.15) is 0 Å². The molecule has 1 N–H and O–H groups in total. The van der Waals surface area contributed by atoms with Gasteiger partial charge in [0.05, 0.1) is 5.39 Å². The van der Waals surface area contributed by atoms with Crippen LogP contribution >= 0.6 is 0 Å². The summed E-state index contributed by atoms with van der Waals surface area (Å²) in [5, 5.41) is 0.540. The maximum absolute atomic E-state index is 12.7. The second kappa shape index (κ2) is 7.12. The molecule has 5 heteroatoms. The van der Waals surface area contributed by atoms with Gasteiger partial charge in [-0.1, -0.05) is 36.4 Å². The van der Waals surface area contributed by atoms with E-state index in [9.17, 15) is 4.79 Å². The first kappa shape index (κ1) is 16.5. The number of piperidine rings is 1. The molecular weight excluding hydrogens is 324 g/mol. The Morgan fingerprint density at radius 2 is 1.81 bits per heavy atom. The lowest BCUT2D eigenvalue weighted by Crippen LogP contribution is -2.32. The summed E-state index contributed by atoms with van der Waals surface area (Å²) >= 11 is 0. The van der Waals surface area contributed by atoms with Crippen LogP contribution in [-0.4, -0.2) is 28.0 Å². The van der Waals surface area contributed by atoms with Gasteiger partial charge in [0, 0.05) is 19.3 Å². The number of hydrogen-bond donors (Lipinski definition) is 1. The molecule has 0 saturated carbocycles. The summed E-state index contributed by atoms with van der Waals surface area (Å²) in [6.07, 6.45) is 9.21. The average molecular weight is 346 g/mol. The summed E-state index contributed by atoms with van der Waals surface area (Å²) in [5.74, 6) is 0.634. The maximum Gasteiger partial charge on any atom is 0.262 e. The number of hydrogen-bond acceptors (Lipinski definition) is 4. The lowest BCUT2D eigenvalue weighted by Gasteiger charge is -2.26. The highest BCUT2D eigenvalue weighted by Crippen LogP contribution is 2.19. The fourth-order valence-electron chi connectivity index (χ4n) is 3.42. The molecule has 0 aliphatic carbocycles. The molecular formula is C21H22N4O. The Hall–Kier alpha value is -2.95. The standard InChI is InChI=1S/C21H22N4O/c1-15-7-3-4-8-16(15)9-10-17-11-12-22-19-18(17)20(26)24-21(23-19)25-13-5-2-6-14-25/h3-4,7-12H,2,5-6,13-14H2,1H3,(H,22,23,24,26)/b10-9+. The molecule has 0 bridgehead atoms. The second-order valence-electron chi connectivity index (χ2n) is 6.73. The third kappa shape index (κ3) is 3.25. The summed E-state index contributed by atoms with van der Waals surface area (Å²) in [4.78, 5) is 26.8. The smallest absolute Gasteiger partial charge is 0.262 e. The molecule has 1 aromatic carbocycles. The van der Waals surface area contributed by atoms with E-state index in [4.69, 9.17) is 0 Å². The molecule has 0 spiro atoms. The SMILES string of the molecule is Cc1ccccc1/C=C/c1ccnc2nc(N3CCCCC3)[nH]c(=O)c12. The van der Waals surface area contributed by atoms with Crippen LogP contribution in [-0.2, 0) is 0 Å². The molecule has 132 valence electrons. The number of H-pyrrole nitrogens is 1. The topological polar surface area (TPSA) is 61.9 Å². The van der Waals surface area contributed by atoms with E-state index in [1.54, 1.807) is 6.20 Å². The van der Waals surface area contributed by atoms with Gasteiger partial charge >= 0.3 is 0 Å². The van der Waals surface area contributed by atoms with Gasteiger partial charge in [-0.05, 0) is 48.9 Å². The zero-order chi connectivity index (χ0) is 17.9. The number of pyridine rings is 1. The van der Waals surface area contributed by atoms with Gasteiger partial charge in [-0.3, -0.25) is 9.78 Å². The Balaban J connectivity index is 1.75. The summed E-state index contributed by atoms with van der Waals surface area (Å²) < 4.78 is 0. The molecule has 3 heterocycles. The van der Waals surface area contributed by atoms with Gasteiger partial charge in [-0.2, -0.15) is 4.98 Å². The van der Waals surface area contributed by atoms with E-state index in [0.717, 1.165) is 37.1 Å². The zero-order valence-corrected chi connectivity index (χ0v) is 14.9. The van der Waals surface area contributed by atoms with Gasteiger partial charge in [0.2, 0.25) is 5.95 Å². The van der Waals surface area contributed by atoms with Crippen LogP contribution in [0, 0.1) is 6.92 Å². The number of benzene rings is 1. The summed E-state index contributed by atoms with van der Waals surface area (Å²) in [5.41, 5.74) is 3.53. The van der Waals surface area contributed by atoms with E-state index < -0.39 is 0 Å². The third-order valence-corrected chi connectivity index (χ3v) is 4.91. The van der Waals surface area contributed by atoms with Crippen LogP contribution in [0.25, 0.3) is 23.2 Å². The Labute approximate surface area is 152 Å². The van der Waals surface area contributed by atoms with Crippen molar-refractivity contribution < 1.29 is 0 Å². The highest BCUT2D eigenvalue weighted by molar-refractivity contribution is 5.88. The number of aromatic nitrogens is 3. The van der Waals surface area contributed by atoms with Crippen LogP contribution in [0.3, 0.4) is 0 Å². The van der Waals surface area contributed by atoms with Crippen LogP contribution in [0.4, 0.5) is 5.95 Å². The third-order valence-electron chi connectivity index (χ3n) is 4.91. The molecule has 2 aromatic heterocycles. The van der Waals surface area contributed by atoms with Gasteiger partial charge in [0.15, 0.2) is 5.65 Å². The van der Waals surface area contributed by atoms with Crippen molar-refractivity contribution in [2.24, 2.45) is 0 Å². The number of fused-ring (bicyclic) bond motifs is 1. The zero-order valence-electron chi connectivity index (χ0n) is 14.9. The van der Waals surface area contributed by atoms with Gasteiger partial charge in [0.25, 0.3) is 5.56 Å². The Morgan fingerprint density at radius 1 is 1.04 bits per heavy atom. The molecule has 0 radical (unpaired) electrons. The quantitative estimate of drug-likeness (QED) is 0.784. The molecule has 26 heavy (non-hydrogen) atoms. The van der Waals surface area contributed by atoms with Crippen LogP contribution in [0.15, 0.2) is 41.3 Å². The minimum Gasteiger partial charge on any atom is -0.342 e. The number of aromatic amines is 1. The average Bonchev–Trinajstić information content (AvgIpc) is 2.68. The summed E-state index contributed by atoms with van der Waals surface area (Å²) in [6, 6.07) is 10.0. The lowest BCUT2D eigenvalue weighted by atomic mass is 10.1. The van der Waals surface area contributed by atoms with E-state index in [0.29, 0.717) is 17.0 Å². The van der Waals surface area contributed by atoms with Crippen molar-refractivity contribution in [3.05, 3.63) is 63.6 Å². The first-order chi connectivity index (χ1) is 12.7. The molecule has 1 aliphatic heterocycles. The van der Waals surface area contributed by atoms with Crippen LogP contribution in [0.5, 0.6) is 0 Å². The van der Waals surface area contributed by atoms with Crippen molar-refractivity contribution in [1.82, 2.24) is 15.0 Å². The molecule has 0 atom stereocenters. The van der Waals surface area contributed by atoms with Crippen molar-refractivity contribution in [3.63, 3.8) is 0 Å². The van der Waals surface area contributed by atoms with E-state index in [-0.39, 0.29) is 5.56 Å². The molecule has 0 unspecified atom stereocenters. The van der Waals surface area contributed by atoms with Crippen LogP contribution in [0.1, 0.15) is 36.0 Å². The highest BCUT2D eigenvalue weighted by Gasteiger charge is 2.15.